The summed E-state index contributed by atoms with van der Waals surface area (Å²) >= 11 is 0. The molecule has 3 unspecified atom stereocenters. The van der Waals surface area contributed by atoms with Crippen LogP contribution in [0.25, 0.3) is 0 Å². The van der Waals surface area contributed by atoms with Crippen molar-refractivity contribution in [1.29, 1.82) is 0 Å². The number of aromatic nitrogens is 1. The summed E-state index contributed by atoms with van der Waals surface area (Å²) in [5, 5.41) is 20.2. The van der Waals surface area contributed by atoms with Crippen molar-refractivity contribution in [1.82, 2.24) is 20.7 Å². The highest BCUT2D eigenvalue weighted by molar-refractivity contribution is 5.97. The van der Waals surface area contributed by atoms with Gasteiger partial charge in [-0.2, -0.15) is 0 Å². The van der Waals surface area contributed by atoms with Crippen molar-refractivity contribution in [2.24, 2.45) is 0 Å². The van der Waals surface area contributed by atoms with Crippen molar-refractivity contribution in [2.75, 3.05) is 13.7 Å². The molecule has 1 aliphatic heterocycles. The lowest BCUT2D eigenvalue weighted by molar-refractivity contribution is -0.147. The maximum atomic E-state index is 14.6. The minimum absolute atomic E-state index is 0.0153. The largest absolute Gasteiger partial charge is 0.497 e. The Hall–Kier alpha value is -4.32. The van der Waals surface area contributed by atoms with Gasteiger partial charge in [-0.15, -0.1) is 0 Å². The Balaban J connectivity index is 1.52. The predicted octanol–water partition coefficient (Wildman–Crippen LogP) is 2.55. The number of carbonyl (C=O) groups is 3. The molecule has 2 aromatic carbocycles. The number of amides is 3. The number of nitrogens with one attached hydrogen (secondary N) is 2. The highest BCUT2D eigenvalue weighted by Gasteiger charge is 2.51. The van der Waals surface area contributed by atoms with Gasteiger partial charge < -0.3 is 29.9 Å². The number of ether oxygens (including phenoxy) is 1. The number of rotatable bonds is 10. The van der Waals surface area contributed by atoms with E-state index in [-0.39, 0.29) is 24.3 Å². The molecule has 41 heavy (non-hydrogen) atoms. The van der Waals surface area contributed by atoms with Crippen LogP contribution in [0.4, 0.5) is 8.78 Å². The SMILES string of the molecule is COc1ccc(CNC(=O)C2CC(F)(F)CN2C(=O)C(O)C(Cc2ccccc2)NC(=O)c2c(C)noc2C)cc1. The predicted molar refractivity (Wildman–Crippen MR) is 143 cm³/mol. The Morgan fingerprint density at radius 1 is 1.12 bits per heavy atom. The van der Waals surface area contributed by atoms with Gasteiger partial charge in [0.15, 0.2) is 6.10 Å². The van der Waals surface area contributed by atoms with Crippen molar-refractivity contribution in [3.63, 3.8) is 0 Å². The van der Waals surface area contributed by atoms with Crippen LogP contribution in [0.2, 0.25) is 0 Å². The average Bonchev–Trinajstić information content (AvgIpc) is 3.48. The molecule has 0 radical (unpaired) electrons. The van der Waals surface area contributed by atoms with Crippen molar-refractivity contribution in [3.8, 4) is 5.75 Å². The molecule has 4 rings (SSSR count). The molecule has 1 aliphatic rings. The number of aryl methyl sites for hydroxylation is 2. The highest BCUT2D eigenvalue weighted by Crippen LogP contribution is 2.33. The number of hydrogen-bond acceptors (Lipinski definition) is 7. The molecule has 2 heterocycles. The molecular weight excluding hydrogens is 538 g/mol. The number of likely N-dealkylation sites (tertiary alicyclic amines) is 1. The summed E-state index contributed by atoms with van der Waals surface area (Å²) in [5.74, 6) is -4.99. The van der Waals surface area contributed by atoms with E-state index in [1.165, 1.54) is 7.11 Å². The van der Waals surface area contributed by atoms with Crippen LogP contribution in [0, 0.1) is 13.8 Å². The number of alkyl halides is 2. The normalized spacial score (nSPS) is 17.5. The van der Waals surface area contributed by atoms with Crippen LogP contribution in [0.5, 0.6) is 5.75 Å². The monoisotopic (exact) mass is 570 g/mol. The first kappa shape index (κ1) is 29.7. The lowest BCUT2D eigenvalue weighted by atomic mass is 9.99. The van der Waals surface area contributed by atoms with Gasteiger partial charge in [0.25, 0.3) is 17.7 Å². The zero-order chi connectivity index (χ0) is 29.7. The second-order valence-corrected chi connectivity index (χ2v) is 10.0. The van der Waals surface area contributed by atoms with Crippen molar-refractivity contribution in [2.45, 2.75) is 57.3 Å². The van der Waals surface area contributed by atoms with Gasteiger partial charge in [0.2, 0.25) is 5.91 Å². The zero-order valence-electron chi connectivity index (χ0n) is 22.9. The van der Waals surface area contributed by atoms with Gasteiger partial charge in [-0.25, -0.2) is 8.78 Å². The van der Waals surface area contributed by atoms with Crippen LogP contribution in [0.15, 0.2) is 59.1 Å². The number of aliphatic hydroxyl groups is 1. The van der Waals surface area contributed by atoms with E-state index in [2.05, 4.69) is 15.8 Å². The summed E-state index contributed by atoms with van der Waals surface area (Å²) in [6, 6.07) is 12.9. The molecule has 3 aromatic rings. The highest BCUT2D eigenvalue weighted by atomic mass is 19.3. The number of halogens is 2. The smallest absolute Gasteiger partial charge is 0.267 e. The molecule has 3 atom stereocenters. The molecule has 1 aromatic heterocycles. The molecule has 218 valence electrons. The third-order valence-corrected chi connectivity index (χ3v) is 6.99. The fraction of sp³-hybridized carbons (Fsp3) is 0.379. The number of carbonyl (C=O) groups excluding carboxylic acids is 3. The van der Waals surface area contributed by atoms with E-state index >= 15 is 0 Å². The molecule has 1 fully saturated rings. The Labute approximate surface area is 235 Å². The zero-order valence-corrected chi connectivity index (χ0v) is 22.9. The first-order valence-corrected chi connectivity index (χ1v) is 13.0. The van der Waals surface area contributed by atoms with Crippen LogP contribution >= 0.6 is 0 Å². The summed E-state index contributed by atoms with van der Waals surface area (Å²) in [6.07, 6.45) is -2.80. The first-order valence-electron chi connectivity index (χ1n) is 13.0. The van der Waals surface area contributed by atoms with Crippen molar-refractivity contribution < 1.29 is 37.5 Å². The minimum Gasteiger partial charge on any atom is -0.497 e. The summed E-state index contributed by atoms with van der Waals surface area (Å²) in [5.41, 5.74) is 1.84. The maximum absolute atomic E-state index is 14.6. The topological polar surface area (TPSA) is 134 Å². The third kappa shape index (κ3) is 7.07. The molecule has 1 saturated heterocycles. The van der Waals surface area contributed by atoms with E-state index < -0.39 is 54.8 Å². The summed E-state index contributed by atoms with van der Waals surface area (Å²) < 4.78 is 39.3. The quantitative estimate of drug-likeness (QED) is 0.341. The Kier molecular flexibility index (Phi) is 9.01. The Morgan fingerprint density at radius 2 is 1.80 bits per heavy atom. The van der Waals surface area contributed by atoms with E-state index in [4.69, 9.17) is 9.26 Å². The fourth-order valence-electron chi connectivity index (χ4n) is 4.83. The number of nitrogens with zero attached hydrogens (tertiary/aromatic N) is 2. The van der Waals surface area contributed by atoms with Crippen LogP contribution in [0.1, 0.15) is 39.4 Å². The van der Waals surface area contributed by atoms with Gasteiger partial charge in [-0.1, -0.05) is 47.6 Å². The molecule has 0 spiro atoms. The second kappa shape index (κ2) is 12.5. The van der Waals surface area contributed by atoms with Crippen LogP contribution < -0.4 is 15.4 Å². The van der Waals surface area contributed by atoms with Crippen LogP contribution in [0.3, 0.4) is 0 Å². The standard InChI is InChI=1S/C29H32F2N4O6/c1-17-24(18(2)41-34-17)27(38)33-22(13-19-7-5-4-6-8-19)25(36)28(39)35-16-29(30,31)14-23(35)26(37)32-15-20-9-11-21(40-3)12-10-20/h4-12,22-23,25,36H,13-16H2,1-3H3,(H,32,37)(H,33,38). The Morgan fingerprint density at radius 3 is 2.41 bits per heavy atom. The van der Waals surface area contributed by atoms with E-state index in [1.54, 1.807) is 68.4 Å². The minimum atomic E-state index is -3.34. The molecule has 0 bridgehead atoms. The molecule has 3 amide bonds. The number of methoxy groups -OCH3 is 1. The average molecular weight is 571 g/mol. The number of hydrogen-bond donors (Lipinski definition) is 3. The van der Waals surface area contributed by atoms with E-state index in [1.807, 2.05) is 0 Å². The van der Waals surface area contributed by atoms with E-state index in [0.717, 1.165) is 0 Å². The van der Waals surface area contributed by atoms with Crippen molar-refractivity contribution in [3.05, 3.63) is 82.7 Å². The van der Waals surface area contributed by atoms with Gasteiger partial charge in [0, 0.05) is 13.0 Å². The van der Waals surface area contributed by atoms with Crippen LogP contribution in [-0.4, -0.2) is 70.6 Å². The molecule has 10 nitrogen and oxygen atoms in total. The van der Waals surface area contributed by atoms with Crippen molar-refractivity contribution >= 4 is 17.7 Å². The van der Waals surface area contributed by atoms with Gasteiger partial charge >= 0.3 is 0 Å². The second-order valence-electron chi connectivity index (χ2n) is 10.0. The molecule has 12 heteroatoms. The lowest BCUT2D eigenvalue weighted by Crippen LogP contribution is -2.56. The molecule has 0 saturated carbocycles. The summed E-state index contributed by atoms with van der Waals surface area (Å²) in [4.78, 5) is 40.3. The van der Waals surface area contributed by atoms with Gasteiger partial charge in [-0.3, -0.25) is 14.4 Å². The van der Waals surface area contributed by atoms with Gasteiger partial charge in [0.1, 0.15) is 23.1 Å². The lowest BCUT2D eigenvalue weighted by Gasteiger charge is -2.30. The number of benzene rings is 2. The Bertz CT molecular complexity index is 1360. The summed E-state index contributed by atoms with van der Waals surface area (Å²) in [7, 11) is 1.52. The third-order valence-electron chi connectivity index (χ3n) is 6.99. The molecular formula is C29H32F2N4O6. The van der Waals surface area contributed by atoms with Gasteiger partial charge in [-0.05, 0) is 43.5 Å². The van der Waals surface area contributed by atoms with Gasteiger partial charge in [0.05, 0.1) is 25.4 Å². The maximum Gasteiger partial charge on any atom is 0.267 e. The molecule has 0 aliphatic carbocycles. The van der Waals surface area contributed by atoms with E-state index in [0.29, 0.717) is 27.5 Å². The molecule has 3 N–H and O–H groups in total. The number of aliphatic hydroxyl groups excluding tert-OH is 1. The van der Waals surface area contributed by atoms with E-state index in [9.17, 15) is 28.3 Å². The first-order chi connectivity index (χ1) is 19.5. The van der Waals surface area contributed by atoms with Crippen LogP contribution in [-0.2, 0) is 22.6 Å². The summed E-state index contributed by atoms with van der Waals surface area (Å²) in [6.45, 7) is 2.11. The fourth-order valence-corrected chi connectivity index (χ4v) is 4.83.